The van der Waals surface area contributed by atoms with Gasteiger partial charge in [0.25, 0.3) is 0 Å². The number of aliphatic imine (C=N–C) groups is 1. The fourth-order valence-corrected chi connectivity index (χ4v) is 1.78. The number of H-pyrrole nitrogens is 1. The second-order valence-electron chi connectivity index (χ2n) is 3.89. The number of anilines is 1. The molecule has 0 aliphatic carbocycles. The molecule has 5 nitrogen and oxygen atoms in total. The first-order valence-corrected chi connectivity index (χ1v) is 5.33. The summed E-state index contributed by atoms with van der Waals surface area (Å²) in [5.41, 5.74) is 3.23. The van der Waals surface area contributed by atoms with E-state index in [-0.39, 0.29) is 0 Å². The summed E-state index contributed by atoms with van der Waals surface area (Å²) in [6, 6.07) is 6.14. The number of aryl methyl sites for hydroxylation is 1. The minimum absolute atomic E-state index is 0.730. The van der Waals surface area contributed by atoms with Gasteiger partial charge in [0, 0.05) is 6.54 Å². The molecule has 5 heteroatoms. The van der Waals surface area contributed by atoms with Crippen molar-refractivity contribution in [2.24, 2.45) is 4.99 Å². The number of hydrogen-bond donors (Lipinski definition) is 3. The zero-order valence-electron chi connectivity index (χ0n) is 9.04. The molecule has 3 rings (SSSR count). The van der Waals surface area contributed by atoms with Gasteiger partial charge < -0.3 is 10.3 Å². The molecule has 0 saturated heterocycles. The van der Waals surface area contributed by atoms with Crippen LogP contribution in [0.4, 0.5) is 5.95 Å². The van der Waals surface area contributed by atoms with Gasteiger partial charge in [0.1, 0.15) is 0 Å². The van der Waals surface area contributed by atoms with E-state index in [0.29, 0.717) is 0 Å². The quantitative estimate of drug-likeness (QED) is 0.670. The topological polar surface area (TPSA) is 65.1 Å². The second-order valence-corrected chi connectivity index (χ2v) is 3.89. The molecule has 1 aromatic carbocycles. The molecule has 0 atom stereocenters. The maximum absolute atomic E-state index is 4.43. The first-order valence-electron chi connectivity index (χ1n) is 5.33. The molecule has 3 N–H and O–H groups in total. The van der Waals surface area contributed by atoms with Crippen LogP contribution in [-0.2, 0) is 0 Å². The van der Waals surface area contributed by atoms with Gasteiger partial charge in [0.2, 0.25) is 5.95 Å². The summed E-state index contributed by atoms with van der Waals surface area (Å²) in [7, 11) is 0. The van der Waals surface area contributed by atoms with Crippen molar-refractivity contribution in [3.05, 3.63) is 23.8 Å². The smallest absolute Gasteiger partial charge is 0.208 e. The zero-order chi connectivity index (χ0) is 11.0. The lowest BCUT2D eigenvalue weighted by molar-refractivity contribution is 0.958. The molecule has 0 bridgehead atoms. The van der Waals surface area contributed by atoms with Gasteiger partial charge >= 0.3 is 0 Å². The number of aromatic amines is 1. The van der Waals surface area contributed by atoms with Gasteiger partial charge in [-0.15, -0.1) is 0 Å². The maximum atomic E-state index is 4.43. The normalized spacial score (nSPS) is 14.9. The molecule has 1 aliphatic rings. The van der Waals surface area contributed by atoms with E-state index in [4.69, 9.17) is 0 Å². The molecule has 0 unspecified atom stereocenters. The van der Waals surface area contributed by atoms with E-state index in [1.54, 1.807) is 0 Å². The number of nitrogens with zero attached hydrogens (tertiary/aromatic N) is 2. The minimum atomic E-state index is 0.730. The Kier molecular flexibility index (Phi) is 2.02. The standard InChI is InChI=1S/C11H13N5/c1-7-2-3-8-9(6-7)15-11(14-8)16-10-12-4-5-13-10/h2-3,6H,4-5H2,1H3,(H3,12,13,14,15,16). The second kappa shape index (κ2) is 3.52. The maximum Gasteiger partial charge on any atom is 0.208 e. The number of nitrogens with one attached hydrogen (secondary N) is 3. The zero-order valence-corrected chi connectivity index (χ0v) is 9.04. The van der Waals surface area contributed by atoms with Crippen molar-refractivity contribution in [3.63, 3.8) is 0 Å². The molecule has 16 heavy (non-hydrogen) atoms. The fourth-order valence-electron chi connectivity index (χ4n) is 1.78. The van der Waals surface area contributed by atoms with Crippen LogP contribution in [0.1, 0.15) is 5.56 Å². The van der Waals surface area contributed by atoms with Crippen molar-refractivity contribution >= 4 is 22.9 Å². The van der Waals surface area contributed by atoms with E-state index in [0.717, 1.165) is 36.0 Å². The predicted molar refractivity (Wildman–Crippen MR) is 64.8 cm³/mol. The fraction of sp³-hybridized carbons (Fsp3) is 0.273. The molecule has 0 spiro atoms. The van der Waals surface area contributed by atoms with Crippen LogP contribution in [-0.4, -0.2) is 29.0 Å². The molecule has 1 aromatic heterocycles. The lowest BCUT2D eigenvalue weighted by Crippen LogP contribution is -2.26. The Morgan fingerprint density at radius 2 is 2.31 bits per heavy atom. The van der Waals surface area contributed by atoms with Gasteiger partial charge in [-0.3, -0.25) is 10.3 Å². The highest BCUT2D eigenvalue weighted by Gasteiger charge is 2.07. The van der Waals surface area contributed by atoms with Gasteiger partial charge in [0.05, 0.1) is 17.6 Å². The van der Waals surface area contributed by atoms with E-state index >= 15 is 0 Å². The van der Waals surface area contributed by atoms with Crippen LogP contribution in [0.25, 0.3) is 11.0 Å². The summed E-state index contributed by atoms with van der Waals surface area (Å²) >= 11 is 0. The van der Waals surface area contributed by atoms with Crippen molar-refractivity contribution in [3.8, 4) is 0 Å². The van der Waals surface area contributed by atoms with Gasteiger partial charge in [-0.25, -0.2) is 4.98 Å². The summed E-state index contributed by atoms with van der Waals surface area (Å²) in [6.07, 6.45) is 0. The highest BCUT2D eigenvalue weighted by molar-refractivity contribution is 5.94. The number of aromatic nitrogens is 2. The van der Waals surface area contributed by atoms with Crippen LogP contribution in [0, 0.1) is 6.92 Å². The van der Waals surface area contributed by atoms with Crippen molar-refractivity contribution in [1.29, 1.82) is 0 Å². The van der Waals surface area contributed by atoms with E-state index in [2.05, 4.69) is 44.7 Å². The SMILES string of the molecule is Cc1ccc2nc(NC3=NCCN3)[nH]c2c1. The number of benzene rings is 1. The first kappa shape index (κ1) is 9.21. The summed E-state index contributed by atoms with van der Waals surface area (Å²) in [6.45, 7) is 3.78. The minimum Gasteiger partial charge on any atom is -0.354 e. The molecule has 0 saturated carbocycles. The number of rotatable bonds is 1. The first-order chi connectivity index (χ1) is 7.81. The molecule has 2 heterocycles. The number of imidazole rings is 1. The molecule has 0 radical (unpaired) electrons. The van der Waals surface area contributed by atoms with Crippen LogP contribution >= 0.6 is 0 Å². The van der Waals surface area contributed by atoms with Crippen LogP contribution in [0.15, 0.2) is 23.2 Å². The monoisotopic (exact) mass is 215 g/mol. The highest BCUT2D eigenvalue weighted by atomic mass is 15.3. The third-order valence-electron chi connectivity index (χ3n) is 2.55. The third-order valence-corrected chi connectivity index (χ3v) is 2.55. The Labute approximate surface area is 93.0 Å². The molecule has 0 amide bonds. The number of hydrogen-bond acceptors (Lipinski definition) is 4. The van der Waals surface area contributed by atoms with Crippen LogP contribution in [0.3, 0.4) is 0 Å². The van der Waals surface area contributed by atoms with E-state index in [1.807, 2.05) is 6.07 Å². The Bertz CT molecular complexity index is 555. The van der Waals surface area contributed by atoms with Gasteiger partial charge in [-0.2, -0.15) is 0 Å². The molecule has 0 fully saturated rings. The number of fused-ring (bicyclic) bond motifs is 1. The average Bonchev–Trinajstić information content (AvgIpc) is 2.86. The lowest BCUT2D eigenvalue weighted by atomic mass is 10.2. The average molecular weight is 215 g/mol. The highest BCUT2D eigenvalue weighted by Crippen LogP contribution is 2.15. The third kappa shape index (κ3) is 1.60. The largest absolute Gasteiger partial charge is 0.354 e. The lowest BCUT2D eigenvalue weighted by Gasteiger charge is -2.01. The van der Waals surface area contributed by atoms with Crippen molar-refractivity contribution in [2.45, 2.75) is 6.92 Å². The summed E-state index contributed by atoms with van der Waals surface area (Å²) in [4.78, 5) is 11.9. The summed E-state index contributed by atoms with van der Waals surface area (Å²) < 4.78 is 0. The molecule has 82 valence electrons. The Morgan fingerprint density at radius 1 is 1.38 bits per heavy atom. The van der Waals surface area contributed by atoms with Gasteiger partial charge in [-0.1, -0.05) is 6.07 Å². The molecular formula is C11H13N5. The summed E-state index contributed by atoms with van der Waals surface area (Å²) in [5, 5.41) is 6.26. The van der Waals surface area contributed by atoms with E-state index in [9.17, 15) is 0 Å². The molecule has 1 aliphatic heterocycles. The van der Waals surface area contributed by atoms with E-state index in [1.165, 1.54) is 5.56 Å². The Balaban J connectivity index is 1.92. The molecular weight excluding hydrogens is 202 g/mol. The van der Waals surface area contributed by atoms with Crippen molar-refractivity contribution in [2.75, 3.05) is 18.4 Å². The van der Waals surface area contributed by atoms with Crippen molar-refractivity contribution < 1.29 is 0 Å². The number of guanidine groups is 1. The van der Waals surface area contributed by atoms with Gasteiger partial charge in [0.15, 0.2) is 5.96 Å². The van der Waals surface area contributed by atoms with Crippen LogP contribution in [0.2, 0.25) is 0 Å². The predicted octanol–water partition coefficient (Wildman–Crippen LogP) is 1.24. The summed E-state index contributed by atoms with van der Waals surface area (Å²) in [5.74, 6) is 1.52. The Hall–Kier alpha value is -2.04. The van der Waals surface area contributed by atoms with Gasteiger partial charge in [-0.05, 0) is 24.6 Å². The van der Waals surface area contributed by atoms with Crippen LogP contribution in [0.5, 0.6) is 0 Å². The molecule has 2 aromatic rings. The Morgan fingerprint density at radius 3 is 3.12 bits per heavy atom. The van der Waals surface area contributed by atoms with E-state index < -0.39 is 0 Å². The van der Waals surface area contributed by atoms with Crippen LogP contribution < -0.4 is 10.6 Å². The van der Waals surface area contributed by atoms with Crippen molar-refractivity contribution in [1.82, 2.24) is 15.3 Å².